The molecular formula is C13H14FN3O2. The lowest BCUT2D eigenvalue weighted by atomic mass is 10.0. The first kappa shape index (κ1) is 12.1. The summed E-state index contributed by atoms with van der Waals surface area (Å²) in [7, 11) is 0. The van der Waals surface area contributed by atoms with Crippen molar-refractivity contribution in [2.24, 2.45) is 0 Å². The largest absolute Gasteiger partial charge is 0.309 e. The van der Waals surface area contributed by atoms with E-state index in [2.05, 4.69) is 5.32 Å². The molecule has 6 heteroatoms. The molecule has 3 rings (SSSR count). The smallest absolute Gasteiger partial charge is 0.251 e. The molecule has 100 valence electrons. The zero-order valence-electron chi connectivity index (χ0n) is 10.5. The van der Waals surface area contributed by atoms with E-state index in [1.807, 2.05) is 6.92 Å². The van der Waals surface area contributed by atoms with Gasteiger partial charge in [-0.05, 0) is 25.1 Å². The highest BCUT2D eigenvalue weighted by Gasteiger charge is 2.42. The Labute approximate surface area is 110 Å². The van der Waals surface area contributed by atoms with Gasteiger partial charge in [-0.1, -0.05) is 0 Å². The number of hydrogen-bond donors (Lipinski definition) is 1. The Bertz CT molecular complexity index is 561. The summed E-state index contributed by atoms with van der Waals surface area (Å²) >= 11 is 0. The number of carbonyl (C=O) groups is 2. The second kappa shape index (κ2) is 4.31. The molecule has 2 aliphatic rings. The second-order valence-electron chi connectivity index (χ2n) is 4.63. The molecule has 0 spiro atoms. The number of piperazine rings is 1. The minimum Gasteiger partial charge on any atom is -0.309 e. The number of rotatable bonds is 1. The van der Waals surface area contributed by atoms with Crippen LogP contribution < -0.4 is 15.1 Å². The van der Waals surface area contributed by atoms with E-state index in [4.69, 9.17) is 0 Å². The van der Waals surface area contributed by atoms with Gasteiger partial charge in [-0.15, -0.1) is 0 Å². The molecule has 2 aliphatic heterocycles. The summed E-state index contributed by atoms with van der Waals surface area (Å²) in [6.07, 6.45) is 0. The normalized spacial score (nSPS) is 22.3. The molecule has 0 aromatic heterocycles. The number of nitrogens with zero attached hydrogens (tertiary/aromatic N) is 2. The van der Waals surface area contributed by atoms with Crippen molar-refractivity contribution in [3.63, 3.8) is 0 Å². The number of carbonyl (C=O) groups excluding carboxylic acids is 2. The Morgan fingerprint density at radius 3 is 2.89 bits per heavy atom. The van der Waals surface area contributed by atoms with Gasteiger partial charge in [-0.3, -0.25) is 14.5 Å². The van der Waals surface area contributed by atoms with Crippen molar-refractivity contribution in [1.29, 1.82) is 0 Å². The average molecular weight is 263 g/mol. The van der Waals surface area contributed by atoms with Crippen molar-refractivity contribution >= 4 is 23.2 Å². The van der Waals surface area contributed by atoms with Crippen LogP contribution in [0.1, 0.15) is 6.92 Å². The zero-order chi connectivity index (χ0) is 13.6. The third-order valence-electron chi connectivity index (χ3n) is 3.55. The Hall–Kier alpha value is -1.95. The molecule has 2 heterocycles. The van der Waals surface area contributed by atoms with Crippen LogP contribution in [0.5, 0.6) is 0 Å². The Morgan fingerprint density at radius 2 is 2.16 bits per heavy atom. The van der Waals surface area contributed by atoms with Gasteiger partial charge >= 0.3 is 0 Å². The number of amides is 2. The van der Waals surface area contributed by atoms with Crippen LogP contribution in [0.15, 0.2) is 18.2 Å². The maximum atomic E-state index is 13.5. The van der Waals surface area contributed by atoms with Crippen molar-refractivity contribution in [3.05, 3.63) is 24.0 Å². The van der Waals surface area contributed by atoms with Crippen molar-refractivity contribution in [3.8, 4) is 0 Å². The fraction of sp³-hybridized carbons (Fsp3) is 0.385. The van der Waals surface area contributed by atoms with E-state index in [0.717, 1.165) is 0 Å². The molecule has 19 heavy (non-hydrogen) atoms. The van der Waals surface area contributed by atoms with Crippen LogP contribution in [0.3, 0.4) is 0 Å². The van der Waals surface area contributed by atoms with Gasteiger partial charge in [0, 0.05) is 13.1 Å². The summed E-state index contributed by atoms with van der Waals surface area (Å²) in [6, 6.07) is 3.61. The van der Waals surface area contributed by atoms with Crippen molar-refractivity contribution in [2.45, 2.75) is 13.0 Å². The lowest BCUT2D eigenvalue weighted by Crippen LogP contribution is -2.64. The molecule has 1 fully saturated rings. The lowest BCUT2D eigenvalue weighted by Gasteiger charge is -2.43. The first-order chi connectivity index (χ1) is 9.13. The second-order valence-corrected chi connectivity index (χ2v) is 4.63. The number of hydrogen-bond acceptors (Lipinski definition) is 3. The molecular weight excluding hydrogens is 249 g/mol. The summed E-state index contributed by atoms with van der Waals surface area (Å²) in [5.41, 5.74) is 1.08. The summed E-state index contributed by atoms with van der Waals surface area (Å²) in [5.74, 6) is -0.733. The van der Waals surface area contributed by atoms with Gasteiger partial charge < -0.3 is 10.2 Å². The van der Waals surface area contributed by atoms with Crippen molar-refractivity contribution in [2.75, 3.05) is 29.4 Å². The van der Waals surface area contributed by atoms with Gasteiger partial charge in [-0.25, -0.2) is 4.39 Å². The standard InChI is InChI=1S/C13H14FN3O2/c1-2-16-9-4-3-8(14)5-10(9)17-11(13(16)19)6-15-7-12(17)18/h3-5,11,15H,2,6-7H2,1H3. The van der Waals surface area contributed by atoms with E-state index in [1.54, 1.807) is 11.0 Å². The average Bonchev–Trinajstić information content (AvgIpc) is 2.40. The van der Waals surface area contributed by atoms with Crippen LogP contribution in [0.25, 0.3) is 0 Å². The summed E-state index contributed by atoms with van der Waals surface area (Å²) in [5, 5.41) is 2.92. The van der Waals surface area contributed by atoms with Crippen LogP contribution in [0, 0.1) is 5.82 Å². The van der Waals surface area contributed by atoms with E-state index in [1.165, 1.54) is 17.0 Å². The number of likely N-dealkylation sites (N-methyl/N-ethyl adjacent to an activating group) is 1. The highest BCUT2D eigenvalue weighted by atomic mass is 19.1. The predicted molar refractivity (Wildman–Crippen MR) is 68.6 cm³/mol. The SMILES string of the molecule is CCN1C(=O)C2CNCC(=O)N2c2cc(F)ccc21. The molecule has 0 saturated carbocycles. The fourth-order valence-electron chi connectivity index (χ4n) is 2.71. The first-order valence-corrected chi connectivity index (χ1v) is 6.27. The number of benzene rings is 1. The maximum Gasteiger partial charge on any atom is 0.251 e. The Kier molecular flexibility index (Phi) is 2.74. The number of fused-ring (bicyclic) bond motifs is 3. The van der Waals surface area contributed by atoms with Gasteiger partial charge in [0.05, 0.1) is 17.9 Å². The van der Waals surface area contributed by atoms with Crippen LogP contribution >= 0.6 is 0 Å². The molecule has 1 aromatic rings. The third-order valence-corrected chi connectivity index (χ3v) is 3.55. The molecule has 1 N–H and O–H groups in total. The molecule has 2 amide bonds. The number of nitrogens with one attached hydrogen (secondary N) is 1. The van der Waals surface area contributed by atoms with Crippen LogP contribution in [-0.4, -0.2) is 37.5 Å². The van der Waals surface area contributed by atoms with Crippen molar-refractivity contribution < 1.29 is 14.0 Å². The first-order valence-electron chi connectivity index (χ1n) is 6.27. The molecule has 0 bridgehead atoms. The maximum absolute atomic E-state index is 13.5. The molecule has 1 atom stereocenters. The number of halogens is 1. The van der Waals surface area contributed by atoms with E-state index >= 15 is 0 Å². The molecule has 0 aliphatic carbocycles. The van der Waals surface area contributed by atoms with Gasteiger partial charge in [0.2, 0.25) is 5.91 Å². The van der Waals surface area contributed by atoms with Crippen LogP contribution in [-0.2, 0) is 9.59 Å². The van der Waals surface area contributed by atoms with E-state index in [0.29, 0.717) is 24.5 Å². The molecule has 5 nitrogen and oxygen atoms in total. The summed E-state index contributed by atoms with van der Waals surface area (Å²) in [6.45, 7) is 2.93. The minimum absolute atomic E-state index is 0.123. The van der Waals surface area contributed by atoms with Gasteiger partial charge in [0.1, 0.15) is 11.9 Å². The minimum atomic E-state index is -0.574. The molecule has 0 radical (unpaired) electrons. The third kappa shape index (κ3) is 1.71. The monoisotopic (exact) mass is 263 g/mol. The predicted octanol–water partition coefficient (Wildman–Crippen LogP) is 0.497. The van der Waals surface area contributed by atoms with E-state index < -0.39 is 11.9 Å². The van der Waals surface area contributed by atoms with Crippen molar-refractivity contribution in [1.82, 2.24) is 5.32 Å². The van der Waals surface area contributed by atoms with Gasteiger partial charge in [-0.2, -0.15) is 0 Å². The number of anilines is 2. The highest BCUT2D eigenvalue weighted by molar-refractivity contribution is 6.14. The zero-order valence-corrected chi connectivity index (χ0v) is 10.5. The van der Waals surface area contributed by atoms with E-state index in [-0.39, 0.29) is 18.4 Å². The molecule has 1 unspecified atom stereocenters. The molecule has 1 aromatic carbocycles. The van der Waals surface area contributed by atoms with Crippen LogP contribution in [0.4, 0.5) is 15.8 Å². The van der Waals surface area contributed by atoms with Gasteiger partial charge in [0.25, 0.3) is 5.91 Å². The fourth-order valence-corrected chi connectivity index (χ4v) is 2.71. The summed E-state index contributed by atoms with van der Waals surface area (Å²) in [4.78, 5) is 27.4. The molecule has 1 saturated heterocycles. The Balaban J connectivity index is 2.18. The lowest BCUT2D eigenvalue weighted by molar-refractivity contribution is -0.126. The topological polar surface area (TPSA) is 52.7 Å². The van der Waals surface area contributed by atoms with Gasteiger partial charge in [0.15, 0.2) is 0 Å². The highest BCUT2D eigenvalue weighted by Crippen LogP contribution is 2.37. The Morgan fingerprint density at radius 1 is 1.37 bits per heavy atom. The van der Waals surface area contributed by atoms with Crippen LogP contribution in [0.2, 0.25) is 0 Å². The quantitative estimate of drug-likeness (QED) is 0.802. The summed E-state index contributed by atoms with van der Waals surface area (Å²) < 4.78 is 13.5. The van der Waals surface area contributed by atoms with E-state index in [9.17, 15) is 14.0 Å².